The molecule has 2 saturated carbocycles. The van der Waals surface area contributed by atoms with Gasteiger partial charge in [-0.2, -0.15) is 8.78 Å². The number of ether oxygens (including phenoxy) is 3. The third-order valence-corrected chi connectivity index (χ3v) is 8.69. The number of hydrogen-bond acceptors (Lipinski definition) is 3. The van der Waals surface area contributed by atoms with Gasteiger partial charge in [0.25, 0.3) is 0 Å². The van der Waals surface area contributed by atoms with E-state index in [2.05, 4.69) is 13.5 Å². The summed E-state index contributed by atoms with van der Waals surface area (Å²) < 4.78 is 76.4. The van der Waals surface area contributed by atoms with Crippen LogP contribution in [0.15, 0.2) is 36.9 Å². The second-order valence-electron chi connectivity index (χ2n) is 11.6. The zero-order valence-electron chi connectivity index (χ0n) is 24.2. The largest absolute Gasteiger partial charge is 0.490 e. The lowest BCUT2D eigenvalue weighted by atomic mass is 9.79. The Morgan fingerprint density at radius 1 is 0.707 bits per heavy atom. The molecule has 3 nitrogen and oxygen atoms in total. The molecule has 0 atom stereocenters. The van der Waals surface area contributed by atoms with Crippen molar-refractivity contribution in [1.82, 2.24) is 0 Å². The van der Waals surface area contributed by atoms with E-state index in [0.29, 0.717) is 37.0 Å². The first-order chi connectivity index (χ1) is 19.9. The van der Waals surface area contributed by atoms with E-state index in [1.807, 2.05) is 0 Å². The van der Waals surface area contributed by atoms with Crippen molar-refractivity contribution in [3.8, 4) is 11.5 Å². The van der Waals surface area contributed by atoms with Gasteiger partial charge < -0.3 is 14.2 Å². The average molecular weight is 577 g/mol. The van der Waals surface area contributed by atoms with E-state index in [9.17, 15) is 13.2 Å². The Bertz CT molecular complexity index is 1120. The highest BCUT2D eigenvalue weighted by Gasteiger charge is 2.29. The van der Waals surface area contributed by atoms with Gasteiger partial charge in [-0.1, -0.05) is 31.6 Å². The fourth-order valence-electron chi connectivity index (χ4n) is 6.14. The number of rotatable bonds is 14. The molecular weight excluding hydrogens is 532 g/mol. The molecule has 0 N–H and O–H groups in total. The highest BCUT2D eigenvalue weighted by atomic mass is 19.2. The zero-order chi connectivity index (χ0) is 29.2. The quantitative estimate of drug-likeness (QED) is 0.127. The molecule has 0 amide bonds. The fourth-order valence-corrected chi connectivity index (χ4v) is 6.14. The lowest BCUT2D eigenvalue weighted by Crippen LogP contribution is -2.22. The predicted octanol–water partition coefficient (Wildman–Crippen LogP) is 9.78. The SMILES string of the molecule is C=CCCCOc1ccc(C2CCC(COc3ccc(C4CCC(OCCCC)CC4)c(F)c3F)CC2)c(F)c1F. The second kappa shape index (κ2) is 15.6. The summed E-state index contributed by atoms with van der Waals surface area (Å²) in [4.78, 5) is 0. The third-order valence-electron chi connectivity index (χ3n) is 8.69. The van der Waals surface area contributed by atoms with Crippen LogP contribution in [0, 0.1) is 29.2 Å². The molecule has 0 heterocycles. The summed E-state index contributed by atoms with van der Waals surface area (Å²) >= 11 is 0. The van der Waals surface area contributed by atoms with Crippen molar-refractivity contribution in [3.63, 3.8) is 0 Å². The number of halogens is 4. The van der Waals surface area contributed by atoms with Gasteiger partial charge in [-0.15, -0.1) is 6.58 Å². The maximum Gasteiger partial charge on any atom is 0.200 e. The van der Waals surface area contributed by atoms with E-state index in [1.54, 1.807) is 24.3 Å². The summed E-state index contributed by atoms with van der Waals surface area (Å²) in [5.41, 5.74) is 0.787. The first-order valence-electron chi connectivity index (χ1n) is 15.4. The van der Waals surface area contributed by atoms with Gasteiger partial charge in [0.05, 0.1) is 19.3 Å². The Morgan fingerprint density at radius 2 is 1.27 bits per heavy atom. The fraction of sp³-hybridized carbons (Fsp3) is 0.588. The lowest BCUT2D eigenvalue weighted by Gasteiger charge is -2.30. The van der Waals surface area contributed by atoms with Crippen LogP contribution >= 0.6 is 0 Å². The minimum atomic E-state index is -0.944. The topological polar surface area (TPSA) is 27.7 Å². The smallest absolute Gasteiger partial charge is 0.200 e. The van der Waals surface area contributed by atoms with Crippen LogP contribution in [0.1, 0.15) is 107 Å². The highest BCUT2D eigenvalue weighted by Crippen LogP contribution is 2.40. The van der Waals surface area contributed by atoms with Gasteiger partial charge in [0.1, 0.15) is 0 Å². The predicted molar refractivity (Wildman–Crippen MR) is 154 cm³/mol. The van der Waals surface area contributed by atoms with Crippen molar-refractivity contribution in [1.29, 1.82) is 0 Å². The van der Waals surface area contributed by atoms with E-state index in [-0.39, 0.29) is 42.0 Å². The van der Waals surface area contributed by atoms with Crippen LogP contribution in [0.4, 0.5) is 17.6 Å². The Morgan fingerprint density at radius 3 is 1.83 bits per heavy atom. The first-order valence-corrected chi connectivity index (χ1v) is 15.4. The van der Waals surface area contributed by atoms with E-state index in [0.717, 1.165) is 64.4 Å². The van der Waals surface area contributed by atoms with Crippen LogP contribution in [0.25, 0.3) is 0 Å². The van der Waals surface area contributed by atoms with E-state index in [1.165, 1.54) is 6.07 Å². The molecule has 41 heavy (non-hydrogen) atoms. The van der Waals surface area contributed by atoms with Crippen LogP contribution in [0.2, 0.25) is 0 Å². The van der Waals surface area contributed by atoms with Gasteiger partial charge in [0.15, 0.2) is 23.1 Å². The molecule has 2 fully saturated rings. The second-order valence-corrected chi connectivity index (χ2v) is 11.6. The molecule has 0 radical (unpaired) electrons. The average Bonchev–Trinajstić information content (AvgIpc) is 2.99. The molecule has 7 heteroatoms. The van der Waals surface area contributed by atoms with Gasteiger partial charge in [-0.05, 0) is 112 Å². The van der Waals surface area contributed by atoms with Gasteiger partial charge in [0, 0.05) is 6.61 Å². The minimum absolute atomic E-state index is 0.0111. The summed E-state index contributed by atoms with van der Waals surface area (Å²) in [6.07, 6.45) is 11.6. The molecule has 2 aromatic rings. The Labute approximate surface area is 242 Å². The maximum absolute atomic E-state index is 15.0. The van der Waals surface area contributed by atoms with Crippen molar-refractivity contribution in [3.05, 3.63) is 71.3 Å². The summed E-state index contributed by atoms with van der Waals surface area (Å²) in [5, 5.41) is 0. The highest BCUT2D eigenvalue weighted by molar-refractivity contribution is 5.34. The molecule has 2 aliphatic rings. The van der Waals surface area contributed by atoms with Crippen LogP contribution < -0.4 is 9.47 Å². The Balaban J connectivity index is 1.25. The van der Waals surface area contributed by atoms with E-state index in [4.69, 9.17) is 14.2 Å². The van der Waals surface area contributed by atoms with Gasteiger partial charge >= 0.3 is 0 Å². The molecule has 4 rings (SSSR count). The summed E-state index contributed by atoms with van der Waals surface area (Å²) in [5.74, 6) is -3.64. The molecule has 0 unspecified atom stereocenters. The van der Waals surface area contributed by atoms with Crippen LogP contribution in [-0.2, 0) is 4.74 Å². The van der Waals surface area contributed by atoms with Crippen molar-refractivity contribution >= 4 is 0 Å². The van der Waals surface area contributed by atoms with Crippen LogP contribution in [0.5, 0.6) is 11.5 Å². The monoisotopic (exact) mass is 576 g/mol. The molecule has 2 aromatic carbocycles. The van der Waals surface area contributed by atoms with Gasteiger partial charge in [-0.3, -0.25) is 0 Å². The van der Waals surface area contributed by atoms with Crippen molar-refractivity contribution in [2.75, 3.05) is 19.8 Å². The van der Waals surface area contributed by atoms with Gasteiger partial charge in [0.2, 0.25) is 11.6 Å². The van der Waals surface area contributed by atoms with Crippen LogP contribution in [0.3, 0.4) is 0 Å². The Kier molecular flexibility index (Phi) is 12.0. The molecular formula is C34H44F4O3. The van der Waals surface area contributed by atoms with E-state index >= 15 is 4.39 Å². The van der Waals surface area contributed by atoms with Crippen LogP contribution in [-0.4, -0.2) is 25.9 Å². The number of hydrogen-bond donors (Lipinski definition) is 0. The molecule has 0 saturated heterocycles. The van der Waals surface area contributed by atoms with E-state index < -0.39 is 23.3 Å². The number of benzene rings is 2. The van der Waals surface area contributed by atoms with Crippen molar-refractivity contribution in [2.24, 2.45) is 5.92 Å². The number of unbranched alkanes of at least 4 members (excludes halogenated alkanes) is 2. The molecule has 0 aromatic heterocycles. The lowest BCUT2D eigenvalue weighted by molar-refractivity contribution is 0.0230. The van der Waals surface area contributed by atoms with Crippen molar-refractivity contribution in [2.45, 2.75) is 102 Å². The summed E-state index contributed by atoms with van der Waals surface area (Å²) in [7, 11) is 0. The molecule has 2 aliphatic carbocycles. The minimum Gasteiger partial charge on any atom is -0.490 e. The zero-order valence-corrected chi connectivity index (χ0v) is 24.2. The van der Waals surface area contributed by atoms with Crippen molar-refractivity contribution < 1.29 is 31.8 Å². The summed E-state index contributed by atoms with van der Waals surface area (Å²) in [6.45, 7) is 7.09. The number of allylic oxidation sites excluding steroid dienone is 1. The Hall–Kier alpha value is -2.54. The maximum atomic E-state index is 15.0. The normalized spacial score (nSPS) is 22.9. The molecule has 226 valence electrons. The molecule has 0 spiro atoms. The standard InChI is InChI=1S/C34H44F4O3/c1-3-5-7-21-40-29-18-16-27(31(35)33(29)37)24-10-8-23(9-11-24)22-41-30-19-17-28(32(36)34(30)38)25-12-14-26(15-13-25)39-20-6-4-2/h3,16-19,23-26H,1,4-15,20-22H2,2H3. The first kappa shape index (κ1) is 31.4. The van der Waals surface area contributed by atoms with Gasteiger partial charge in [-0.25, -0.2) is 8.78 Å². The molecule has 0 bridgehead atoms. The summed E-state index contributed by atoms with van der Waals surface area (Å²) in [6, 6.07) is 6.33. The third kappa shape index (κ3) is 8.27. The molecule has 0 aliphatic heterocycles.